The topological polar surface area (TPSA) is 0 Å². The normalized spacial score (nSPS) is 10.5. The molecule has 0 bridgehead atoms. The number of fused-ring (bicyclic) bond motifs is 2. The van der Waals surface area contributed by atoms with Crippen LogP contribution in [0.4, 0.5) is 8.78 Å². The fourth-order valence-electron chi connectivity index (χ4n) is 2.45. The van der Waals surface area contributed by atoms with Crippen LogP contribution in [0.3, 0.4) is 0 Å². The molecule has 0 saturated carbocycles. The van der Waals surface area contributed by atoms with Gasteiger partial charge in [0.25, 0.3) is 0 Å². The van der Waals surface area contributed by atoms with Gasteiger partial charge in [0.15, 0.2) is 0 Å². The van der Waals surface area contributed by atoms with Crippen LogP contribution in [0.25, 0.3) is 21.5 Å². The van der Waals surface area contributed by atoms with E-state index in [9.17, 15) is 8.78 Å². The summed E-state index contributed by atoms with van der Waals surface area (Å²) in [5.74, 6) is -0.345. The van der Waals surface area contributed by atoms with Crippen LogP contribution in [0.1, 0.15) is 0 Å². The van der Waals surface area contributed by atoms with E-state index in [1.807, 2.05) is 36.4 Å². The maximum Gasteiger partial charge on any atom is 0.131 e. The predicted octanol–water partition coefficient (Wildman–Crippen LogP) is 7.48. The van der Waals surface area contributed by atoms with E-state index < -0.39 is 0 Å². The van der Waals surface area contributed by atoms with Gasteiger partial charge < -0.3 is 0 Å². The Morgan fingerprint density at radius 1 is 0.458 bits per heavy atom. The first kappa shape index (κ1) is 17.1. The molecule has 4 aromatic carbocycles. The van der Waals surface area contributed by atoms with Crippen LogP contribution in [0, 0.1) is 11.6 Å². The number of halogens is 4. The van der Waals surface area contributed by atoms with Crippen molar-refractivity contribution in [3.8, 4) is 0 Å². The lowest BCUT2D eigenvalue weighted by Crippen LogP contribution is -1.79. The molecule has 0 atom stereocenters. The van der Waals surface area contributed by atoms with Gasteiger partial charge in [-0.1, -0.05) is 80.4 Å². The minimum absolute atomic E-state index is 0.172. The number of rotatable bonds is 0. The second-order valence-electron chi connectivity index (χ2n) is 5.15. The highest BCUT2D eigenvalue weighted by atomic mass is 79.9. The summed E-state index contributed by atoms with van der Waals surface area (Å²) in [5.41, 5.74) is 0. The lowest BCUT2D eigenvalue weighted by Gasteiger charge is -2.00. The molecule has 0 nitrogen and oxygen atoms in total. The standard InChI is InChI=1S/2C10H6BrF/c2*11-9-5-6-10(12)8-4-2-1-3-7(8)9/h2*1-6H. The van der Waals surface area contributed by atoms with Gasteiger partial charge in [-0.2, -0.15) is 0 Å². The molecule has 0 aliphatic rings. The molecule has 0 unspecified atom stereocenters. The van der Waals surface area contributed by atoms with Crippen LogP contribution >= 0.6 is 31.9 Å². The van der Waals surface area contributed by atoms with E-state index in [0.717, 1.165) is 19.7 Å². The first-order chi connectivity index (χ1) is 11.6. The molecular formula is C20H12Br2F2. The number of benzene rings is 4. The van der Waals surface area contributed by atoms with E-state index in [0.29, 0.717) is 10.8 Å². The van der Waals surface area contributed by atoms with Crippen LogP contribution in [-0.2, 0) is 0 Å². The van der Waals surface area contributed by atoms with Crippen molar-refractivity contribution in [3.05, 3.63) is 93.4 Å². The third kappa shape index (κ3) is 3.50. The van der Waals surface area contributed by atoms with E-state index >= 15 is 0 Å². The summed E-state index contributed by atoms with van der Waals surface area (Å²) < 4.78 is 28.2. The zero-order valence-electron chi connectivity index (χ0n) is 12.4. The summed E-state index contributed by atoms with van der Waals surface area (Å²) in [6, 6.07) is 21.2. The third-order valence-electron chi connectivity index (χ3n) is 3.64. The maximum absolute atomic E-state index is 13.1. The number of hydrogen-bond donors (Lipinski definition) is 0. The van der Waals surface area contributed by atoms with E-state index in [1.165, 1.54) is 12.1 Å². The van der Waals surface area contributed by atoms with Crippen molar-refractivity contribution < 1.29 is 8.78 Å². The molecule has 0 aliphatic carbocycles. The summed E-state index contributed by atoms with van der Waals surface area (Å²) in [7, 11) is 0. The summed E-state index contributed by atoms with van der Waals surface area (Å²) in [6.07, 6.45) is 0. The largest absolute Gasteiger partial charge is 0.206 e. The number of hydrogen-bond acceptors (Lipinski definition) is 0. The van der Waals surface area contributed by atoms with Crippen molar-refractivity contribution in [2.75, 3.05) is 0 Å². The smallest absolute Gasteiger partial charge is 0.131 e. The monoisotopic (exact) mass is 448 g/mol. The van der Waals surface area contributed by atoms with E-state index in [2.05, 4.69) is 31.9 Å². The Hall–Kier alpha value is -1.78. The van der Waals surface area contributed by atoms with Crippen molar-refractivity contribution in [2.45, 2.75) is 0 Å². The van der Waals surface area contributed by atoms with Crippen LogP contribution in [0.15, 0.2) is 81.7 Å². The van der Waals surface area contributed by atoms with Gasteiger partial charge >= 0.3 is 0 Å². The van der Waals surface area contributed by atoms with Crippen LogP contribution in [0.5, 0.6) is 0 Å². The van der Waals surface area contributed by atoms with Gasteiger partial charge in [0, 0.05) is 19.7 Å². The molecule has 0 fully saturated rings. The molecule has 24 heavy (non-hydrogen) atoms. The summed E-state index contributed by atoms with van der Waals surface area (Å²) >= 11 is 6.73. The molecule has 4 aromatic rings. The van der Waals surface area contributed by atoms with Crippen LogP contribution < -0.4 is 0 Å². The lowest BCUT2D eigenvalue weighted by atomic mass is 10.1. The predicted molar refractivity (Wildman–Crippen MR) is 103 cm³/mol. The molecule has 4 rings (SSSR count). The Kier molecular flexibility index (Phi) is 5.27. The molecule has 0 N–H and O–H groups in total. The fraction of sp³-hybridized carbons (Fsp3) is 0. The van der Waals surface area contributed by atoms with Gasteiger partial charge in [-0.15, -0.1) is 0 Å². The molecule has 0 amide bonds. The molecule has 0 aromatic heterocycles. The Morgan fingerprint density at radius 2 is 0.792 bits per heavy atom. The zero-order valence-corrected chi connectivity index (χ0v) is 15.6. The van der Waals surface area contributed by atoms with E-state index in [-0.39, 0.29) is 11.6 Å². The van der Waals surface area contributed by atoms with Crippen LogP contribution in [-0.4, -0.2) is 0 Å². The van der Waals surface area contributed by atoms with Gasteiger partial charge in [0.2, 0.25) is 0 Å². The van der Waals surface area contributed by atoms with Crippen molar-refractivity contribution in [1.29, 1.82) is 0 Å². The van der Waals surface area contributed by atoms with Gasteiger partial charge in [0.1, 0.15) is 11.6 Å². The maximum atomic E-state index is 13.1. The fourth-order valence-corrected chi connectivity index (χ4v) is 3.41. The van der Waals surface area contributed by atoms with Gasteiger partial charge in [-0.3, -0.25) is 0 Å². The Labute approximate surface area is 155 Å². The second-order valence-corrected chi connectivity index (χ2v) is 6.86. The summed E-state index contributed by atoms with van der Waals surface area (Å²) in [6.45, 7) is 0. The molecule has 0 spiro atoms. The van der Waals surface area contributed by atoms with Crippen molar-refractivity contribution >= 4 is 53.4 Å². The highest BCUT2D eigenvalue weighted by Crippen LogP contribution is 2.26. The molecular weight excluding hydrogens is 438 g/mol. The SMILES string of the molecule is Fc1ccc(Br)c2ccccc12.Fc1ccc(Br)c2ccccc12. The second kappa shape index (κ2) is 7.41. The lowest BCUT2D eigenvalue weighted by molar-refractivity contribution is 0.639. The third-order valence-corrected chi connectivity index (χ3v) is 5.02. The minimum Gasteiger partial charge on any atom is -0.206 e. The Bertz CT molecular complexity index is 848. The van der Waals surface area contributed by atoms with E-state index in [1.54, 1.807) is 24.3 Å². The quantitative estimate of drug-likeness (QED) is 0.261. The van der Waals surface area contributed by atoms with Crippen molar-refractivity contribution in [1.82, 2.24) is 0 Å². The van der Waals surface area contributed by atoms with E-state index in [4.69, 9.17) is 0 Å². The first-order valence-electron chi connectivity index (χ1n) is 7.23. The Morgan fingerprint density at radius 3 is 1.12 bits per heavy atom. The average molecular weight is 450 g/mol. The molecule has 0 aliphatic heterocycles. The van der Waals surface area contributed by atoms with Gasteiger partial charge in [-0.05, 0) is 35.0 Å². The van der Waals surface area contributed by atoms with Crippen LogP contribution in [0.2, 0.25) is 0 Å². The average Bonchev–Trinajstić information content (AvgIpc) is 2.63. The minimum atomic E-state index is -0.172. The highest BCUT2D eigenvalue weighted by Gasteiger charge is 2.02. The zero-order chi connectivity index (χ0) is 17.1. The molecule has 0 radical (unpaired) electrons. The van der Waals surface area contributed by atoms with Gasteiger partial charge in [0.05, 0.1) is 0 Å². The first-order valence-corrected chi connectivity index (χ1v) is 8.82. The molecule has 4 heteroatoms. The van der Waals surface area contributed by atoms with Crippen molar-refractivity contribution in [2.24, 2.45) is 0 Å². The summed E-state index contributed by atoms with van der Waals surface area (Å²) in [4.78, 5) is 0. The Balaban J connectivity index is 0.000000141. The van der Waals surface area contributed by atoms with Gasteiger partial charge in [-0.25, -0.2) is 8.78 Å². The molecule has 0 heterocycles. The van der Waals surface area contributed by atoms with Crippen molar-refractivity contribution in [3.63, 3.8) is 0 Å². The highest BCUT2D eigenvalue weighted by molar-refractivity contribution is 9.11. The molecule has 120 valence electrons. The molecule has 0 saturated heterocycles. The summed E-state index contributed by atoms with van der Waals surface area (Å²) in [5, 5.41) is 3.15.